The van der Waals surface area contributed by atoms with E-state index in [-0.39, 0.29) is 18.0 Å². The van der Waals surface area contributed by atoms with E-state index in [1.54, 1.807) is 18.0 Å². The lowest BCUT2D eigenvalue weighted by Crippen LogP contribution is -2.47. The van der Waals surface area contributed by atoms with Crippen molar-refractivity contribution in [1.29, 1.82) is 0 Å². The summed E-state index contributed by atoms with van der Waals surface area (Å²) < 4.78 is 4.97. The smallest absolute Gasteiger partial charge is 0.409 e. The predicted octanol–water partition coefficient (Wildman–Crippen LogP) is 1.36. The molecule has 0 radical (unpaired) electrons. The monoisotopic (exact) mass is 291 g/mol. The molecule has 0 spiro atoms. The van der Waals surface area contributed by atoms with E-state index in [4.69, 9.17) is 4.74 Å². The average molecular weight is 291 g/mol. The molecule has 1 N–H and O–H groups in total. The van der Waals surface area contributed by atoms with Crippen LogP contribution in [0.3, 0.4) is 0 Å². The van der Waals surface area contributed by atoms with Crippen LogP contribution >= 0.6 is 0 Å². The van der Waals surface area contributed by atoms with Gasteiger partial charge in [-0.15, -0.1) is 0 Å². The standard InChI is InChI=1S/C15H21N3O3/c1-2-21-15(20)18-9-6-12(7-10-18)17-14(19)11-13-5-3-4-8-16-13/h3-5,8,12H,2,6-7,9-11H2,1H3,(H,17,19). The van der Waals surface area contributed by atoms with Gasteiger partial charge in [-0.25, -0.2) is 4.79 Å². The highest BCUT2D eigenvalue weighted by atomic mass is 16.6. The van der Waals surface area contributed by atoms with Crippen molar-refractivity contribution in [2.75, 3.05) is 19.7 Å². The number of piperidine rings is 1. The molecule has 6 heteroatoms. The van der Waals surface area contributed by atoms with Gasteiger partial charge in [-0.3, -0.25) is 9.78 Å². The van der Waals surface area contributed by atoms with Crippen LogP contribution in [0, 0.1) is 0 Å². The minimum Gasteiger partial charge on any atom is -0.450 e. The number of ether oxygens (including phenoxy) is 1. The summed E-state index contributed by atoms with van der Waals surface area (Å²) in [4.78, 5) is 29.3. The topological polar surface area (TPSA) is 71.5 Å². The quantitative estimate of drug-likeness (QED) is 0.909. The number of nitrogens with one attached hydrogen (secondary N) is 1. The predicted molar refractivity (Wildman–Crippen MR) is 77.7 cm³/mol. The highest BCUT2D eigenvalue weighted by Crippen LogP contribution is 2.11. The number of aromatic nitrogens is 1. The molecule has 0 atom stereocenters. The summed E-state index contributed by atoms with van der Waals surface area (Å²) in [5.74, 6) is -0.0247. The molecule has 1 saturated heterocycles. The van der Waals surface area contributed by atoms with Crippen LogP contribution in [0.25, 0.3) is 0 Å². The third-order valence-electron chi connectivity index (χ3n) is 3.45. The van der Waals surface area contributed by atoms with Crippen LogP contribution in [0.4, 0.5) is 4.79 Å². The first-order chi connectivity index (χ1) is 10.2. The molecule has 1 aliphatic rings. The number of hydrogen-bond acceptors (Lipinski definition) is 4. The first-order valence-electron chi connectivity index (χ1n) is 7.30. The summed E-state index contributed by atoms with van der Waals surface area (Å²) in [6.45, 7) is 3.42. The van der Waals surface area contributed by atoms with E-state index in [2.05, 4.69) is 10.3 Å². The lowest BCUT2D eigenvalue weighted by Gasteiger charge is -2.31. The highest BCUT2D eigenvalue weighted by molar-refractivity contribution is 5.78. The van der Waals surface area contributed by atoms with Crippen molar-refractivity contribution in [3.63, 3.8) is 0 Å². The Bertz CT molecular complexity index is 470. The van der Waals surface area contributed by atoms with Crippen molar-refractivity contribution in [2.45, 2.75) is 32.2 Å². The molecule has 0 aromatic carbocycles. The summed E-state index contributed by atoms with van der Waals surface area (Å²) in [6, 6.07) is 5.65. The van der Waals surface area contributed by atoms with Crippen molar-refractivity contribution in [3.05, 3.63) is 30.1 Å². The Morgan fingerprint density at radius 1 is 1.38 bits per heavy atom. The first-order valence-corrected chi connectivity index (χ1v) is 7.30. The van der Waals surface area contributed by atoms with Crippen LogP contribution in [0.1, 0.15) is 25.5 Å². The van der Waals surface area contributed by atoms with Gasteiger partial charge in [0, 0.05) is 31.0 Å². The zero-order valence-corrected chi connectivity index (χ0v) is 12.2. The molecule has 1 aromatic heterocycles. The number of hydrogen-bond donors (Lipinski definition) is 1. The second-order valence-corrected chi connectivity index (χ2v) is 5.03. The molecule has 2 amide bonds. The van der Waals surface area contributed by atoms with E-state index in [1.807, 2.05) is 18.2 Å². The zero-order chi connectivity index (χ0) is 15.1. The van der Waals surface area contributed by atoms with Crippen LogP contribution in [-0.4, -0.2) is 47.6 Å². The van der Waals surface area contributed by atoms with Gasteiger partial charge in [-0.1, -0.05) is 6.07 Å². The summed E-state index contributed by atoms with van der Waals surface area (Å²) >= 11 is 0. The minimum absolute atomic E-state index is 0.0247. The van der Waals surface area contributed by atoms with Crippen molar-refractivity contribution in [1.82, 2.24) is 15.2 Å². The first kappa shape index (κ1) is 15.3. The Morgan fingerprint density at radius 2 is 2.14 bits per heavy atom. The third-order valence-corrected chi connectivity index (χ3v) is 3.45. The number of nitrogens with zero attached hydrogens (tertiary/aromatic N) is 2. The number of rotatable bonds is 4. The fraction of sp³-hybridized carbons (Fsp3) is 0.533. The van der Waals surface area contributed by atoms with Gasteiger partial charge in [0.25, 0.3) is 0 Å². The Balaban J connectivity index is 1.73. The molecule has 1 aromatic rings. The van der Waals surface area contributed by atoms with Gasteiger partial charge in [0.05, 0.1) is 13.0 Å². The second-order valence-electron chi connectivity index (χ2n) is 5.03. The lowest BCUT2D eigenvalue weighted by molar-refractivity contribution is -0.121. The lowest BCUT2D eigenvalue weighted by atomic mass is 10.1. The normalized spacial score (nSPS) is 15.6. The Labute approximate surface area is 124 Å². The molecule has 0 bridgehead atoms. The van der Waals surface area contributed by atoms with Crippen LogP contribution in [0.15, 0.2) is 24.4 Å². The maximum atomic E-state index is 11.9. The van der Waals surface area contributed by atoms with Crippen LogP contribution < -0.4 is 5.32 Å². The number of amides is 2. The number of likely N-dealkylation sites (tertiary alicyclic amines) is 1. The molecule has 1 fully saturated rings. The van der Waals surface area contributed by atoms with Gasteiger partial charge in [-0.05, 0) is 31.9 Å². The van der Waals surface area contributed by atoms with Crippen LogP contribution in [0.5, 0.6) is 0 Å². The van der Waals surface area contributed by atoms with Crippen LogP contribution in [0.2, 0.25) is 0 Å². The number of carbonyl (C=O) groups is 2. The molecule has 0 aliphatic carbocycles. The van der Waals surface area contributed by atoms with Gasteiger partial charge < -0.3 is 15.0 Å². The zero-order valence-electron chi connectivity index (χ0n) is 12.2. The summed E-state index contributed by atoms with van der Waals surface area (Å²) in [6.07, 6.45) is 3.22. The Kier molecular flexibility index (Phi) is 5.54. The van der Waals surface area contributed by atoms with Gasteiger partial charge in [0.1, 0.15) is 0 Å². The van der Waals surface area contributed by atoms with Gasteiger partial charge in [0.15, 0.2) is 0 Å². The highest BCUT2D eigenvalue weighted by Gasteiger charge is 2.24. The van der Waals surface area contributed by atoms with E-state index >= 15 is 0 Å². The molecule has 2 rings (SSSR count). The SMILES string of the molecule is CCOC(=O)N1CCC(NC(=O)Cc2ccccn2)CC1. The molecule has 1 aliphatic heterocycles. The Hall–Kier alpha value is -2.11. The van der Waals surface area contributed by atoms with Crippen LogP contribution in [-0.2, 0) is 16.0 Å². The van der Waals surface area contributed by atoms with Crippen molar-refractivity contribution < 1.29 is 14.3 Å². The molecule has 0 saturated carbocycles. The maximum absolute atomic E-state index is 11.9. The van der Waals surface area contributed by atoms with E-state index in [1.165, 1.54) is 0 Å². The van der Waals surface area contributed by atoms with Crippen molar-refractivity contribution in [3.8, 4) is 0 Å². The molecule has 6 nitrogen and oxygen atoms in total. The maximum Gasteiger partial charge on any atom is 0.409 e. The molecule has 2 heterocycles. The minimum atomic E-state index is -0.268. The van der Waals surface area contributed by atoms with Gasteiger partial charge in [0.2, 0.25) is 5.91 Å². The molecular weight excluding hydrogens is 270 g/mol. The number of pyridine rings is 1. The van der Waals surface area contributed by atoms with Gasteiger partial charge >= 0.3 is 6.09 Å². The van der Waals surface area contributed by atoms with E-state index in [0.717, 1.165) is 18.5 Å². The fourth-order valence-electron chi connectivity index (χ4n) is 2.37. The number of carbonyl (C=O) groups excluding carboxylic acids is 2. The average Bonchev–Trinajstić information content (AvgIpc) is 2.49. The summed E-state index contributed by atoms with van der Waals surface area (Å²) in [5, 5.41) is 3.00. The molecule has 0 unspecified atom stereocenters. The summed E-state index contributed by atoms with van der Waals surface area (Å²) in [7, 11) is 0. The Morgan fingerprint density at radius 3 is 2.76 bits per heavy atom. The van der Waals surface area contributed by atoms with E-state index < -0.39 is 0 Å². The van der Waals surface area contributed by atoms with Gasteiger partial charge in [-0.2, -0.15) is 0 Å². The molecule has 114 valence electrons. The van der Waals surface area contributed by atoms with Crippen molar-refractivity contribution in [2.24, 2.45) is 0 Å². The third kappa shape index (κ3) is 4.73. The molecule has 21 heavy (non-hydrogen) atoms. The van der Waals surface area contributed by atoms with Crippen molar-refractivity contribution >= 4 is 12.0 Å². The van der Waals surface area contributed by atoms with E-state index in [9.17, 15) is 9.59 Å². The molecular formula is C15H21N3O3. The fourth-order valence-corrected chi connectivity index (χ4v) is 2.37. The summed E-state index contributed by atoms with van der Waals surface area (Å²) in [5.41, 5.74) is 0.763. The largest absolute Gasteiger partial charge is 0.450 e. The van der Waals surface area contributed by atoms with E-state index in [0.29, 0.717) is 26.1 Å². The second kappa shape index (κ2) is 7.61.